The maximum Gasteiger partial charge on any atom is 0.0900 e. The minimum atomic E-state index is 0. The molecule has 2 nitrogen and oxygen atoms in total. The Morgan fingerprint density at radius 2 is 2.36 bits per heavy atom. The smallest absolute Gasteiger partial charge is 0.0900 e. The lowest BCUT2D eigenvalue weighted by molar-refractivity contribution is 0.643. The lowest BCUT2D eigenvalue weighted by Crippen LogP contribution is -2.22. The van der Waals surface area contributed by atoms with E-state index in [-0.39, 0.29) is 17.0 Å². The third kappa shape index (κ3) is 1.80. The van der Waals surface area contributed by atoms with Gasteiger partial charge < -0.3 is 5.32 Å². The predicted octanol–water partition coefficient (Wildman–Crippen LogP) is 1.68. The van der Waals surface area contributed by atoms with Crippen LogP contribution in [-0.2, 0) is 13.0 Å². The average molecular weight is 235 g/mol. The fourth-order valence-corrected chi connectivity index (χ4v) is 2.21. The monoisotopic (exact) mass is 234 g/mol. The highest BCUT2D eigenvalue weighted by Gasteiger charge is 2.11. The molecule has 0 amide bonds. The summed E-state index contributed by atoms with van der Waals surface area (Å²) in [5.74, 6) is 0. The van der Waals surface area contributed by atoms with Gasteiger partial charge in [-0.2, -0.15) is 0 Å². The Hall–Kier alpha value is 0.0700. The van der Waals surface area contributed by atoms with Crippen molar-refractivity contribution in [2.45, 2.75) is 19.9 Å². The number of aromatic nitrogens is 1. The SMILES string of the molecule is Br.Cc1nc2c(s1)CNCC2. The molecule has 0 aromatic carbocycles. The van der Waals surface area contributed by atoms with Crippen molar-refractivity contribution >= 4 is 28.3 Å². The number of nitrogens with zero attached hydrogens (tertiary/aromatic N) is 1. The summed E-state index contributed by atoms with van der Waals surface area (Å²) in [5, 5.41) is 4.53. The van der Waals surface area contributed by atoms with E-state index >= 15 is 0 Å². The largest absolute Gasteiger partial charge is 0.311 e. The summed E-state index contributed by atoms with van der Waals surface area (Å²) < 4.78 is 0. The minimum Gasteiger partial charge on any atom is -0.311 e. The normalized spacial score (nSPS) is 15.4. The van der Waals surface area contributed by atoms with Gasteiger partial charge in [-0.1, -0.05) is 0 Å². The van der Waals surface area contributed by atoms with E-state index in [1.165, 1.54) is 15.6 Å². The number of hydrogen-bond donors (Lipinski definition) is 1. The summed E-state index contributed by atoms with van der Waals surface area (Å²) in [7, 11) is 0. The van der Waals surface area contributed by atoms with E-state index in [4.69, 9.17) is 0 Å². The molecule has 0 fully saturated rings. The summed E-state index contributed by atoms with van der Waals surface area (Å²) in [6.07, 6.45) is 1.11. The molecule has 1 aliphatic heterocycles. The van der Waals surface area contributed by atoms with Crippen LogP contribution in [0.15, 0.2) is 0 Å². The first-order chi connectivity index (χ1) is 4.86. The highest BCUT2D eigenvalue weighted by atomic mass is 79.9. The van der Waals surface area contributed by atoms with Crippen LogP contribution < -0.4 is 5.32 Å². The second-order valence-corrected chi connectivity index (χ2v) is 3.82. The number of thiazole rings is 1. The molecule has 0 spiro atoms. The Balaban J connectivity index is 0.000000605. The predicted molar refractivity (Wildman–Crippen MR) is 52.6 cm³/mol. The minimum absolute atomic E-state index is 0. The van der Waals surface area contributed by atoms with E-state index in [1.807, 2.05) is 11.3 Å². The van der Waals surface area contributed by atoms with Crippen molar-refractivity contribution in [3.63, 3.8) is 0 Å². The van der Waals surface area contributed by atoms with Crippen LogP contribution in [0.3, 0.4) is 0 Å². The summed E-state index contributed by atoms with van der Waals surface area (Å²) in [6, 6.07) is 0. The molecular weight excluding hydrogens is 224 g/mol. The molecule has 1 aromatic heterocycles. The molecule has 0 radical (unpaired) electrons. The van der Waals surface area contributed by atoms with Gasteiger partial charge in [-0.3, -0.25) is 0 Å². The second-order valence-electron chi connectivity index (χ2n) is 2.53. The molecule has 62 valence electrons. The molecule has 0 saturated heterocycles. The molecule has 0 atom stereocenters. The number of hydrogen-bond acceptors (Lipinski definition) is 3. The van der Waals surface area contributed by atoms with Gasteiger partial charge in [0.05, 0.1) is 10.7 Å². The average Bonchev–Trinajstić information content (AvgIpc) is 2.27. The van der Waals surface area contributed by atoms with Crippen LogP contribution in [0.25, 0.3) is 0 Å². The van der Waals surface area contributed by atoms with Crippen molar-refractivity contribution in [3.05, 3.63) is 15.6 Å². The van der Waals surface area contributed by atoms with Gasteiger partial charge in [0.2, 0.25) is 0 Å². The maximum atomic E-state index is 4.43. The molecule has 4 heteroatoms. The van der Waals surface area contributed by atoms with Crippen molar-refractivity contribution in [2.24, 2.45) is 0 Å². The summed E-state index contributed by atoms with van der Waals surface area (Å²) >= 11 is 1.82. The summed E-state index contributed by atoms with van der Waals surface area (Å²) in [6.45, 7) is 4.19. The summed E-state index contributed by atoms with van der Waals surface area (Å²) in [5.41, 5.74) is 1.32. The van der Waals surface area contributed by atoms with Crippen LogP contribution in [0.1, 0.15) is 15.6 Å². The number of rotatable bonds is 0. The zero-order valence-corrected chi connectivity index (χ0v) is 8.91. The van der Waals surface area contributed by atoms with Gasteiger partial charge in [0, 0.05) is 24.4 Å². The van der Waals surface area contributed by atoms with Gasteiger partial charge in [0.15, 0.2) is 0 Å². The number of fused-ring (bicyclic) bond motifs is 1. The first-order valence-corrected chi connectivity index (χ1v) is 4.34. The fraction of sp³-hybridized carbons (Fsp3) is 0.571. The van der Waals surface area contributed by atoms with Crippen LogP contribution in [0, 0.1) is 6.92 Å². The lowest BCUT2D eigenvalue weighted by Gasteiger charge is -2.09. The number of halogens is 1. The van der Waals surface area contributed by atoms with E-state index in [1.54, 1.807) is 0 Å². The highest BCUT2D eigenvalue weighted by Crippen LogP contribution is 2.20. The number of aryl methyl sites for hydroxylation is 1. The van der Waals surface area contributed by atoms with Crippen LogP contribution in [0.2, 0.25) is 0 Å². The molecule has 0 bridgehead atoms. The van der Waals surface area contributed by atoms with Gasteiger partial charge in [0.1, 0.15) is 0 Å². The van der Waals surface area contributed by atoms with Gasteiger partial charge in [-0.25, -0.2) is 4.98 Å². The molecular formula is C7H11BrN2S. The Kier molecular flexibility index (Phi) is 3.04. The van der Waals surface area contributed by atoms with Crippen molar-refractivity contribution in [1.82, 2.24) is 10.3 Å². The molecule has 2 rings (SSSR count). The molecule has 0 unspecified atom stereocenters. The van der Waals surface area contributed by atoms with Crippen LogP contribution in [0.4, 0.5) is 0 Å². The molecule has 1 N–H and O–H groups in total. The van der Waals surface area contributed by atoms with Crippen LogP contribution in [-0.4, -0.2) is 11.5 Å². The van der Waals surface area contributed by atoms with Gasteiger partial charge in [-0.05, 0) is 6.92 Å². The topological polar surface area (TPSA) is 24.9 Å². The van der Waals surface area contributed by atoms with Crippen molar-refractivity contribution in [2.75, 3.05) is 6.54 Å². The van der Waals surface area contributed by atoms with E-state index in [0.29, 0.717) is 0 Å². The molecule has 11 heavy (non-hydrogen) atoms. The zero-order valence-electron chi connectivity index (χ0n) is 6.39. The number of nitrogens with one attached hydrogen (secondary N) is 1. The maximum absolute atomic E-state index is 4.43. The van der Waals surface area contributed by atoms with Gasteiger partial charge >= 0.3 is 0 Å². The van der Waals surface area contributed by atoms with Crippen molar-refractivity contribution in [3.8, 4) is 0 Å². The summed E-state index contributed by atoms with van der Waals surface area (Å²) in [4.78, 5) is 5.86. The molecule has 1 aromatic rings. The fourth-order valence-electron chi connectivity index (χ4n) is 1.25. The quantitative estimate of drug-likeness (QED) is 0.740. The van der Waals surface area contributed by atoms with Gasteiger partial charge in [0.25, 0.3) is 0 Å². The van der Waals surface area contributed by atoms with E-state index in [0.717, 1.165) is 19.5 Å². The Bertz CT molecular complexity index is 223. The lowest BCUT2D eigenvalue weighted by atomic mass is 10.2. The molecule has 2 heterocycles. The van der Waals surface area contributed by atoms with Gasteiger partial charge in [-0.15, -0.1) is 28.3 Å². The molecule has 0 aliphatic carbocycles. The van der Waals surface area contributed by atoms with E-state index < -0.39 is 0 Å². The van der Waals surface area contributed by atoms with Crippen molar-refractivity contribution < 1.29 is 0 Å². The van der Waals surface area contributed by atoms with Crippen molar-refractivity contribution in [1.29, 1.82) is 0 Å². The standard InChI is InChI=1S/C7H10N2S.BrH/c1-5-9-6-2-3-8-4-7(6)10-5;/h8H,2-4H2,1H3;1H. The molecule has 0 saturated carbocycles. The Labute approximate surface area is 80.8 Å². The first-order valence-electron chi connectivity index (χ1n) is 3.52. The zero-order chi connectivity index (χ0) is 6.97. The Morgan fingerprint density at radius 1 is 1.55 bits per heavy atom. The van der Waals surface area contributed by atoms with Crippen LogP contribution in [0.5, 0.6) is 0 Å². The second kappa shape index (κ2) is 3.65. The highest BCUT2D eigenvalue weighted by molar-refractivity contribution is 8.93. The molecule has 1 aliphatic rings. The van der Waals surface area contributed by atoms with E-state index in [2.05, 4.69) is 17.2 Å². The van der Waals surface area contributed by atoms with Crippen LogP contribution >= 0.6 is 28.3 Å². The first kappa shape index (κ1) is 9.16. The third-order valence-electron chi connectivity index (χ3n) is 1.71. The third-order valence-corrected chi connectivity index (χ3v) is 2.72. The Morgan fingerprint density at radius 3 is 3.09 bits per heavy atom. The van der Waals surface area contributed by atoms with E-state index in [9.17, 15) is 0 Å².